The van der Waals surface area contributed by atoms with Crippen molar-refractivity contribution in [3.05, 3.63) is 87.4 Å². The Morgan fingerprint density at radius 3 is 2.60 bits per heavy atom. The Labute approximate surface area is 249 Å². The molecule has 0 spiro atoms. The molecular formula is C32H37N5O4S. The molecule has 5 rings (SSSR count). The van der Waals surface area contributed by atoms with Crippen LogP contribution in [0.25, 0.3) is 10.1 Å². The van der Waals surface area contributed by atoms with Gasteiger partial charge in [-0.15, -0.1) is 11.3 Å². The first-order valence-corrected chi connectivity index (χ1v) is 15.0. The molecule has 1 aliphatic heterocycles. The molecule has 10 heteroatoms. The van der Waals surface area contributed by atoms with Gasteiger partial charge in [0.1, 0.15) is 5.41 Å². The van der Waals surface area contributed by atoms with E-state index in [1.54, 1.807) is 59.9 Å². The second-order valence-corrected chi connectivity index (χ2v) is 12.1. The Hall–Kier alpha value is -3.86. The second kappa shape index (κ2) is 12.2. The van der Waals surface area contributed by atoms with Crippen LogP contribution in [-0.2, 0) is 40.6 Å². The first-order chi connectivity index (χ1) is 20.1. The van der Waals surface area contributed by atoms with E-state index in [1.165, 1.54) is 0 Å². The van der Waals surface area contributed by atoms with E-state index in [1.807, 2.05) is 61.0 Å². The molecule has 42 heavy (non-hydrogen) atoms. The van der Waals surface area contributed by atoms with Gasteiger partial charge in [-0.2, -0.15) is 0 Å². The van der Waals surface area contributed by atoms with E-state index in [2.05, 4.69) is 9.88 Å². The molecule has 0 aliphatic carbocycles. The molecule has 220 valence electrons. The number of hydrogen-bond donors (Lipinski definition) is 0. The summed E-state index contributed by atoms with van der Waals surface area (Å²) in [6.45, 7) is 8.45. The summed E-state index contributed by atoms with van der Waals surface area (Å²) >= 11 is 1.56. The summed E-state index contributed by atoms with van der Waals surface area (Å²) in [4.78, 5) is 49.9. The smallest absolute Gasteiger partial charge is 0.259 e. The van der Waals surface area contributed by atoms with Gasteiger partial charge >= 0.3 is 0 Å². The number of anilines is 2. The van der Waals surface area contributed by atoms with Crippen molar-refractivity contribution in [1.82, 2.24) is 14.5 Å². The fourth-order valence-corrected chi connectivity index (χ4v) is 6.34. The molecule has 0 bridgehead atoms. The SMILES string of the molecule is CCN1C(=O)C(C)(C)C(=O)N(C)c2cc(CN(CCn3ccc4sccc4c3=O)Cc3cccnc3COC)ccc21. The Bertz CT molecular complexity index is 1680. The second-order valence-electron chi connectivity index (χ2n) is 11.1. The summed E-state index contributed by atoms with van der Waals surface area (Å²) in [7, 11) is 3.39. The number of aromatic nitrogens is 2. The van der Waals surface area contributed by atoms with Crippen LogP contribution in [0.3, 0.4) is 0 Å². The van der Waals surface area contributed by atoms with Gasteiger partial charge in [-0.05, 0) is 67.6 Å². The van der Waals surface area contributed by atoms with Gasteiger partial charge in [-0.25, -0.2) is 0 Å². The maximum Gasteiger partial charge on any atom is 0.259 e. The molecule has 4 heterocycles. The van der Waals surface area contributed by atoms with Crippen LogP contribution in [0.4, 0.5) is 11.4 Å². The molecule has 0 radical (unpaired) electrons. The lowest BCUT2D eigenvalue weighted by atomic mass is 9.90. The van der Waals surface area contributed by atoms with E-state index in [4.69, 9.17) is 4.74 Å². The number of nitrogens with zero attached hydrogens (tertiary/aromatic N) is 5. The van der Waals surface area contributed by atoms with Crippen molar-refractivity contribution in [3.63, 3.8) is 0 Å². The third-order valence-electron chi connectivity index (χ3n) is 7.94. The standard InChI is InChI=1S/C32H37N5O4S/c1-6-37-26-10-9-22(18-27(26)34(4)30(39)32(2,3)31(37)40)19-35(20-23-8-7-13-33-25(23)21-41-5)15-16-36-14-11-28-24(29(36)38)12-17-42-28/h7-14,17-18H,6,15-16,19-21H2,1-5H3. The van der Waals surface area contributed by atoms with Crippen molar-refractivity contribution < 1.29 is 14.3 Å². The number of fused-ring (bicyclic) bond motifs is 2. The molecule has 4 aromatic rings. The zero-order chi connectivity index (χ0) is 30.0. The lowest BCUT2D eigenvalue weighted by molar-refractivity contribution is -0.137. The zero-order valence-corrected chi connectivity index (χ0v) is 25.6. The summed E-state index contributed by atoms with van der Waals surface area (Å²) in [6.07, 6.45) is 3.63. The largest absolute Gasteiger partial charge is 0.378 e. The minimum absolute atomic E-state index is 0.00672. The van der Waals surface area contributed by atoms with E-state index in [-0.39, 0.29) is 17.4 Å². The normalized spacial score (nSPS) is 15.0. The van der Waals surface area contributed by atoms with Gasteiger partial charge in [0, 0.05) is 64.0 Å². The predicted molar refractivity (Wildman–Crippen MR) is 167 cm³/mol. The van der Waals surface area contributed by atoms with Gasteiger partial charge in [0.15, 0.2) is 0 Å². The highest BCUT2D eigenvalue weighted by Gasteiger charge is 2.45. The summed E-state index contributed by atoms with van der Waals surface area (Å²) in [5, 5.41) is 2.68. The van der Waals surface area contributed by atoms with E-state index in [9.17, 15) is 14.4 Å². The number of rotatable bonds is 10. The van der Waals surface area contributed by atoms with Crippen molar-refractivity contribution in [3.8, 4) is 0 Å². The first kappa shape index (κ1) is 29.6. The maximum absolute atomic E-state index is 13.4. The van der Waals surface area contributed by atoms with Crippen LogP contribution in [0.1, 0.15) is 37.6 Å². The van der Waals surface area contributed by atoms with Crippen molar-refractivity contribution in [2.24, 2.45) is 5.41 Å². The lowest BCUT2D eigenvalue weighted by Crippen LogP contribution is -2.47. The topological polar surface area (TPSA) is 88.0 Å². The molecule has 1 aliphatic rings. The van der Waals surface area contributed by atoms with Gasteiger partial charge in [0.25, 0.3) is 5.56 Å². The molecule has 2 amide bonds. The van der Waals surface area contributed by atoms with Crippen molar-refractivity contribution in [2.45, 2.75) is 47.0 Å². The van der Waals surface area contributed by atoms with E-state index >= 15 is 0 Å². The quantitative estimate of drug-likeness (QED) is 0.251. The fraction of sp³-hybridized carbons (Fsp3) is 0.375. The molecule has 0 saturated carbocycles. The third-order valence-corrected chi connectivity index (χ3v) is 8.82. The fourth-order valence-electron chi connectivity index (χ4n) is 5.57. The molecule has 0 N–H and O–H groups in total. The van der Waals surface area contributed by atoms with Gasteiger partial charge in [-0.3, -0.25) is 24.3 Å². The number of amides is 2. The van der Waals surface area contributed by atoms with Crippen molar-refractivity contribution in [2.75, 3.05) is 37.0 Å². The maximum atomic E-state index is 13.4. The highest BCUT2D eigenvalue weighted by atomic mass is 32.1. The Morgan fingerprint density at radius 2 is 1.83 bits per heavy atom. The monoisotopic (exact) mass is 587 g/mol. The van der Waals surface area contributed by atoms with Crippen molar-refractivity contribution in [1.29, 1.82) is 0 Å². The minimum atomic E-state index is -1.16. The van der Waals surface area contributed by atoms with E-state index < -0.39 is 5.41 Å². The molecule has 1 aromatic carbocycles. The summed E-state index contributed by atoms with van der Waals surface area (Å²) < 4.78 is 8.14. The number of carbonyl (C=O) groups is 2. The van der Waals surface area contributed by atoms with E-state index in [0.29, 0.717) is 45.0 Å². The van der Waals surface area contributed by atoms with Gasteiger partial charge in [-0.1, -0.05) is 12.1 Å². The number of methoxy groups -OCH3 is 1. The first-order valence-electron chi connectivity index (χ1n) is 14.1. The number of thiophene rings is 1. The number of hydrogen-bond acceptors (Lipinski definition) is 7. The Kier molecular flexibility index (Phi) is 8.58. The predicted octanol–water partition coefficient (Wildman–Crippen LogP) is 4.66. The minimum Gasteiger partial charge on any atom is -0.378 e. The number of benzene rings is 1. The van der Waals surface area contributed by atoms with Gasteiger partial charge in [0.2, 0.25) is 11.8 Å². The van der Waals surface area contributed by atoms with Crippen LogP contribution in [0.15, 0.2) is 65.0 Å². The van der Waals surface area contributed by atoms with Crippen LogP contribution in [0.5, 0.6) is 0 Å². The summed E-state index contributed by atoms with van der Waals surface area (Å²) in [6, 6.07) is 13.8. The molecule has 0 fully saturated rings. The van der Waals surface area contributed by atoms with Gasteiger partial charge < -0.3 is 19.1 Å². The van der Waals surface area contributed by atoms with Crippen LogP contribution in [0.2, 0.25) is 0 Å². The highest BCUT2D eigenvalue weighted by molar-refractivity contribution is 7.17. The van der Waals surface area contributed by atoms with Crippen LogP contribution in [-0.4, -0.2) is 53.5 Å². The van der Waals surface area contributed by atoms with Crippen LogP contribution < -0.4 is 15.4 Å². The Morgan fingerprint density at radius 1 is 1.02 bits per heavy atom. The highest BCUT2D eigenvalue weighted by Crippen LogP contribution is 2.39. The average Bonchev–Trinajstić information content (AvgIpc) is 3.46. The van der Waals surface area contributed by atoms with E-state index in [0.717, 1.165) is 32.6 Å². The third kappa shape index (κ3) is 5.62. The van der Waals surface area contributed by atoms with Crippen molar-refractivity contribution >= 4 is 44.6 Å². The Balaban J connectivity index is 1.47. The number of pyridine rings is 2. The van der Waals surface area contributed by atoms with Gasteiger partial charge in [0.05, 0.1) is 29.1 Å². The molecule has 0 saturated heterocycles. The molecule has 3 aromatic heterocycles. The molecule has 0 unspecified atom stereocenters. The molecule has 9 nitrogen and oxygen atoms in total. The van der Waals surface area contributed by atoms with Crippen LogP contribution >= 0.6 is 11.3 Å². The summed E-state index contributed by atoms with van der Waals surface area (Å²) in [5.74, 6) is -0.438. The zero-order valence-electron chi connectivity index (χ0n) is 24.8. The molecule has 0 atom stereocenters. The summed E-state index contributed by atoms with van der Waals surface area (Å²) in [5.41, 5.74) is 3.19. The number of carbonyl (C=O) groups excluding carboxylic acids is 2. The van der Waals surface area contributed by atoms with Crippen LogP contribution in [0, 0.1) is 5.41 Å². The number of ether oxygens (including phenoxy) is 1. The lowest BCUT2D eigenvalue weighted by Gasteiger charge is -2.27. The average molecular weight is 588 g/mol. The molecular weight excluding hydrogens is 550 g/mol.